The summed E-state index contributed by atoms with van der Waals surface area (Å²) >= 11 is 0. The zero-order valence-corrected chi connectivity index (χ0v) is 14.5. The average Bonchev–Trinajstić information content (AvgIpc) is 2.55. The van der Waals surface area contributed by atoms with E-state index in [1.54, 1.807) is 4.90 Å². The quantitative estimate of drug-likeness (QED) is 0.751. The van der Waals surface area contributed by atoms with E-state index in [0.717, 1.165) is 19.3 Å². The van der Waals surface area contributed by atoms with Crippen molar-refractivity contribution in [1.29, 1.82) is 0 Å². The van der Waals surface area contributed by atoms with Gasteiger partial charge in [-0.2, -0.15) is 0 Å². The van der Waals surface area contributed by atoms with Crippen molar-refractivity contribution in [1.82, 2.24) is 4.90 Å². The highest BCUT2D eigenvalue weighted by atomic mass is 32.2. The molecule has 1 saturated heterocycles. The molecule has 1 unspecified atom stereocenters. The Morgan fingerprint density at radius 3 is 2.48 bits per heavy atom. The van der Waals surface area contributed by atoms with Crippen molar-refractivity contribution in [3.8, 4) is 0 Å². The zero-order valence-electron chi connectivity index (χ0n) is 13.6. The van der Waals surface area contributed by atoms with Gasteiger partial charge in [-0.05, 0) is 37.7 Å². The third-order valence-electron chi connectivity index (χ3n) is 4.53. The number of amides is 1. The fourth-order valence-corrected chi connectivity index (χ4v) is 4.10. The standard InChI is InChI=1S/C18H25NO3S/c1-3-13-23(21,22)15(2)18(20)19-11-9-17(10-12-19)14-16-7-5-4-6-8-16/h3-8,15,17H,1,9-14H2,2H3. The number of hydrogen-bond donors (Lipinski definition) is 0. The first-order valence-corrected chi connectivity index (χ1v) is 9.80. The Hall–Kier alpha value is -1.62. The summed E-state index contributed by atoms with van der Waals surface area (Å²) in [4.78, 5) is 14.1. The number of rotatable bonds is 6. The third-order valence-corrected chi connectivity index (χ3v) is 6.51. The maximum atomic E-state index is 12.4. The number of hydrogen-bond acceptors (Lipinski definition) is 3. The van der Waals surface area contributed by atoms with Crippen LogP contribution in [-0.2, 0) is 21.1 Å². The van der Waals surface area contributed by atoms with Crippen LogP contribution >= 0.6 is 0 Å². The van der Waals surface area contributed by atoms with Crippen LogP contribution < -0.4 is 0 Å². The number of benzene rings is 1. The Balaban J connectivity index is 1.88. The normalized spacial score (nSPS) is 17.7. The first-order valence-electron chi connectivity index (χ1n) is 8.09. The van der Waals surface area contributed by atoms with Crippen LogP contribution in [0.15, 0.2) is 43.0 Å². The van der Waals surface area contributed by atoms with Crippen LogP contribution in [-0.4, -0.2) is 43.3 Å². The van der Waals surface area contributed by atoms with Gasteiger partial charge in [0.25, 0.3) is 0 Å². The van der Waals surface area contributed by atoms with E-state index in [4.69, 9.17) is 0 Å². The molecule has 0 aliphatic carbocycles. The summed E-state index contributed by atoms with van der Waals surface area (Å²) in [5, 5.41) is -0.980. The van der Waals surface area contributed by atoms with E-state index in [2.05, 4.69) is 18.7 Å². The summed E-state index contributed by atoms with van der Waals surface area (Å²) < 4.78 is 24.0. The first kappa shape index (κ1) is 17.7. The van der Waals surface area contributed by atoms with Crippen molar-refractivity contribution in [3.63, 3.8) is 0 Å². The molecule has 1 heterocycles. The lowest BCUT2D eigenvalue weighted by atomic mass is 9.90. The molecule has 1 amide bonds. The Kier molecular flexibility index (Phi) is 5.99. The Morgan fingerprint density at radius 2 is 1.91 bits per heavy atom. The maximum Gasteiger partial charge on any atom is 0.240 e. The molecule has 0 radical (unpaired) electrons. The lowest BCUT2D eigenvalue weighted by molar-refractivity contribution is -0.131. The monoisotopic (exact) mass is 335 g/mol. The van der Waals surface area contributed by atoms with Gasteiger partial charge < -0.3 is 4.90 Å². The number of sulfone groups is 1. The van der Waals surface area contributed by atoms with Crippen molar-refractivity contribution >= 4 is 15.7 Å². The molecule has 1 aliphatic heterocycles. The molecule has 0 spiro atoms. The smallest absolute Gasteiger partial charge is 0.240 e. The van der Waals surface area contributed by atoms with Gasteiger partial charge in [0.1, 0.15) is 5.25 Å². The molecule has 4 nitrogen and oxygen atoms in total. The summed E-state index contributed by atoms with van der Waals surface area (Å²) in [6.07, 6.45) is 4.21. The van der Waals surface area contributed by atoms with E-state index >= 15 is 0 Å². The Labute approximate surface area is 139 Å². The van der Waals surface area contributed by atoms with Crippen LogP contribution in [0, 0.1) is 5.92 Å². The van der Waals surface area contributed by atoms with E-state index in [0.29, 0.717) is 19.0 Å². The number of likely N-dealkylation sites (tertiary alicyclic amines) is 1. The summed E-state index contributed by atoms with van der Waals surface area (Å²) in [5.41, 5.74) is 1.32. The van der Waals surface area contributed by atoms with Crippen molar-refractivity contribution < 1.29 is 13.2 Å². The van der Waals surface area contributed by atoms with E-state index in [9.17, 15) is 13.2 Å². The Bertz CT molecular complexity index is 631. The topological polar surface area (TPSA) is 54.5 Å². The fraction of sp³-hybridized carbons (Fsp3) is 0.500. The van der Waals surface area contributed by atoms with Gasteiger partial charge in [0.15, 0.2) is 9.84 Å². The van der Waals surface area contributed by atoms with Gasteiger partial charge in [-0.3, -0.25) is 4.79 Å². The molecular formula is C18H25NO3S. The van der Waals surface area contributed by atoms with Crippen molar-refractivity contribution in [3.05, 3.63) is 48.6 Å². The lowest BCUT2D eigenvalue weighted by Crippen LogP contribution is -2.46. The zero-order chi connectivity index (χ0) is 16.9. The van der Waals surface area contributed by atoms with E-state index in [1.807, 2.05) is 18.2 Å². The van der Waals surface area contributed by atoms with Crippen molar-refractivity contribution in [2.75, 3.05) is 18.8 Å². The van der Waals surface area contributed by atoms with Crippen molar-refractivity contribution in [2.45, 2.75) is 31.4 Å². The van der Waals surface area contributed by atoms with Gasteiger partial charge >= 0.3 is 0 Å². The second-order valence-corrected chi connectivity index (χ2v) is 8.58. The number of carbonyl (C=O) groups excluding carboxylic acids is 1. The van der Waals surface area contributed by atoms with Crippen LogP contribution in [0.5, 0.6) is 0 Å². The molecule has 0 bridgehead atoms. The van der Waals surface area contributed by atoms with Crippen LogP contribution in [0.1, 0.15) is 25.3 Å². The van der Waals surface area contributed by atoms with E-state index < -0.39 is 15.1 Å². The van der Waals surface area contributed by atoms with Gasteiger partial charge in [0, 0.05) is 13.1 Å². The molecule has 5 heteroatoms. The molecule has 0 aromatic heterocycles. The highest BCUT2D eigenvalue weighted by Crippen LogP contribution is 2.22. The number of carbonyl (C=O) groups is 1. The minimum atomic E-state index is -3.43. The molecule has 1 aromatic carbocycles. The number of piperidine rings is 1. The highest BCUT2D eigenvalue weighted by Gasteiger charge is 2.32. The summed E-state index contributed by atoms with van der Waals surface area (Å²) in [6, 6.07) is 10.3. The minimum absolute atomic E-state index is 0.148. The molecule has 1 aromatic rings. The number of nitrogens with zero attached hydrogens (tertiary/aromatic N) is 1. The van der Waals surface area contributed by atoms with Gasteiger partial charge in [0.2, 0.25) is 5.91 Å². The van der Waals surface area contributed by atoms with Crippen LogP contribution in [0.4, 0.5) is 0 Å². The van der Waals surface area contributed by atoms with Crippen molar-refractivity contribution in [2.24, 2.45) is 5.92 Å². The van der Waals surface area contributed by atoms with Gasteiger partial charge in [0.05, 0.1) is 5.75 Å². The molecule has 2 rings (SSSR count). The predicted octanol–water partition coefficient (Wildman–Crippen LogP) is 2.46. The van der Waals surface area contributed by atoms with E-state index in [-0.39, 0.29) is 11.7 Å². The van der Waals surface area contributed by atoms with Crippen LogP contribution in [0.25, 0.3) is 0 Å². The minimum Gasteiger partial charge on any atom is -0.342 e. The first-order chi connectivity index (χ1) is 10.9. The largest absolute Gasteiger partial charge is 0.342 e. The molecule has 1 fully saturated rings. The third kappa shape index (κ3) is 4.67. The average molecular weight is 335 g/mol. The van der Waals surface area contributed by atoms with Crippen LogP contribution in [0.2, 0.25) is 0 Å². The summed E-state index contributed by atoms with van der Waals surface area (Å²) in [5.74, 6) is 0.135. The highest BCUT2D eigenvalue weighted by molar-refractivity contribution is 7.92. The second-order valence-electron chi connectivity index (χ2n) is 6.22. The molecular weight excluding hydrogens is 310 g/mol. The Morgan fingerprint density at radius 1 is 1.30 bits per heavy atom. The van der Waals surface area contributed by atoms with E-state index in [1.165, 1.54) is 18.6 Å². The SMILES string of the molecule is C=CCS(=O)(=O)C(C)C(=O)N1CCC(Cc2ccccc2)CC1. The van der Waals surface area contributed by atoms with Gasteiger partial charge in [-0.15, -0.1) is 6.58 Å². The molecule has 1 atom stereocenters. The maximum absolute atomic E-state index is 12.4. The van der Waals surface area contributed by atoms with Gasteiger partial charge in [-0.1, -0.05) is 36.4 Å². The van der Waals surface area contributed by atoms with Gasteiger partial charge in [-0.25, -0.2) is 8.42 Å². The molecule has 1 aliphatic rings. The molecule has 0 saturated carbocycles. The lowest BCUT2D eigenvalue weighted by Gasteiger charge is -2.33. The molecule has 126 valence electrons. The molecule has 23 heavy (non-hydrogen) atoms. The summed E-state index contributed by atoms with van der Waals surface area (Å²) in [7, 11) is -3.43. The second kappa shape index (κ2) is 7.77. The predicted molar refractivity (Wildman–Crippen MR) is 92.9 cm³/mol. The fourth-order valence-electron chi connectivity index (χ4n) is 3.02. The van der Waals surface area contributed by atoms with Crippen LogP contribution in [0.3, 0.4) is 0 Å². The molecule has 0 N–H and O–H groups in total. The summed E-state index contributed by atoms with van der Waals surface area (Å²) in [6.45, 7) is 6.22.